The van der Waals surface area contributed by atoms with E-state index in [2.05, 4.69) is 9.69 Å². The molecule has 0 saturated heterocycles. The molecule has 42 heavy (non-hydrogen) atoms. The van der Waals surface area contributed by atoms with E-state index in [1.807, 2.05) is 0 Å². The standard InChI is InChI=1S/C30H8F8N4/c1-41-30(42-2)17-8-16-25(23(17)12-5-20(33)29(38)21(34)6-12)26(35)15-7-14(13(9-39)10-40)22(24(15)27(16)36)11-3-18(31)28(37)19(32)4-11/h3-6H,7-8H2. The number of hydrogen-bond donors (Lipinski definition) is 0. The molecule has 2 aliphatic carbocycles. The second-order valence-electron chi connectivity index (χ2n) is 9.05. The van der Waals surface area contributed by atoms with E-state index < -0.39 is 115 Å². The number of nitriles is 2. The van der Waals surface area contributed by atoms with Crippen LogP contribution in [-0.2, 0) is 12.8 Å². The lowest BCUT2D eigenvalue weighted by atomic mass is 9.95. The molecule has 0 spiro atoms. The monoisotopic (exact) mass is 576 g/mol. The van der Waals surface area contributed by atoms with Gasteiger partial charge in [-0.25, -0.2) is 35.1 Å². The predicted octanol–water partition coefficient (Wildman–Crippen LogP) is 5.70. The third-order valence-corrected chi connectivity index (χ3v) is 6.94. The molecule has 0 saturated carbocycles. The average molecular weight is 576 g/mol. The molecule has 0 heterocycles. The van der Waals surface area contributed by atoms with Crippen molar-refractivity contribution in [1.29, 1.82) is 10.5 Å². The molecule has 0 amide bonds. The zero-order valence-electron chi connectivity index (χ0n) is 20.5. The maximum absolute atomic E-state index is 16.4. The largest absolute Gasteiger partial charge is 0.523 e. The quantitative estimate of drug-likeness (QED) is 0.170. The van der Waals surface area contributed by atoms with Crippen LogP contribution in [0.3, 0.4) is 0 Å². The summed E-state index contributed by atoms with van der Waals surface area (Å²) in [6.45, 7) is 14.7. The molecule has 204 valence electrons. The first-order chi connectivity index (χ1) is 20.0. The highest BCUT2D eigenvalue weighted by molar-refractivity contribution is 5.88. The highest BCUT2D eigenvalue weighted by atomic mass is 19.2. The van der Waals surface area contributed by atoms with Crippen molar-refractivity contribution in [3.8, 4) is 12.1 Å². The molecule has 3 aromatic rings. The van der Waals surface area contributed by atoms with Gasteiger partial charge in [-0.15, -0.1) is 0 Å². The van der Waals surface area contributed by atoms with Crippen LogP contribution in [0.4, 0.5) is 35.1 Å². The van der Waals surface area contributed by atoms with Crippen molar-refractivity contribution in [3.05, 3.63) is 149 Å². The Morgan fingerprint density at radius 2 is 0.952 bits per heavy atom. The summed E-state index contributed by atoms with van der Waals surface area (Å²) in [7, 11) is 0. The molecule has 12 heteroatoms. The lowest BCUT2D eigenvalue weighted by molar-refractivity contribution is 0.446. The Bertz CT molecular complexity index is 1930. The molecule has 0 radical (unpaired) electrons. The fourth-order valence-electron chi connectivity index (χ4n) is 5.23. The fraction of sp³-hybridized carbons (Fsp3) is 0.0667. The minimum Gasteiger partial charge on any atom is -0.206 e. The van der Waals surface area contributed by atoms with E-state index in [-0.39, 0.29) is 11.1 Å². The third-order valence-electron chi connectivity index (χ3n) is 6.94. The van der Waals surface area contributed by atoms with Gasteiger partial charge in [-0.3, -0.25) is 0 Å². The van der Waals surface area contributed by atoms with Crippen molar-refractivity contribution < 1.29 is 35.1 Å². The zero-order chi connectivity index (χ0) is 30.6. The van der Waals surface area contributed by atoms with Gasteiger partial charge in [-0.2, -0.15) is 20.2 Å². The van der Waals surface area contributed by atoms with Crippen LogP contribution in [0, 0.1) is 82.3 Å². The Morgan fingerprint density at radius 3 is 1.31 bits per heavy atom. The molecule has 0 aliphatic heterocycles. The van der Waals surface area contributed by atoms with E-state index in [1.165, 1.54) is 0 Å². The van der Waals surface area contributed by atoms with Gasteiger partial charge in [-0.1, -0.05) is 0 Å². The van der Waals surface area contributed by atoms with Gasteiger partial charge in [-0.05, 0) is 52.1 Å². The van der Waals surface area contributed by atoms with Gasteiger partial charge in [0, 0.05) is 34.4 Å². The number of halogens is 8. The highest BCUT2D eigenvalue weighted by Crippen LogP contribution is 2.38. The van der Waals surface area contributed by atoms with E-state index >= 15 is 8.78 Å². The molecule has 0 fully saturated rings. The minimum atomic E-state index is -1.86. The summed E-state index contributed by atoms with van der Waals surface area (Å²) < 4.78 is 117. The molecule has 0 bridgehead atoms. The lowest BCUT2D eigenvalue weighted by Gasteiger charge is -2.09. The van der Waals surface area contributed by atoms with Gasteiger partial charge in [0.1, 0.15) is 42.5 Å². The first-order valence-corrected chi connectivity index (χ1v) is 11.6. The molecule has 3 aromatic carbocycles. The summed E-state index contributed by atoms with van der Waals surface area (Å²) >= 11 is 0. The Balaban J connectivity index is 2.03. The van der Waals surface area contributed by atoms with Crippen LogP contribution in [0.2, 0.25) is 0 Å². The maximum Gasteiger partial charge on any atom is 0.523 e. The summed E-state index contributed by atoms with van der Waals surface area (Å²) in [4.78, 5) is 6.08. The first-order valence-electron chi connectivity index (χ1n) is 11.6. The van der Waals surface area contributed by atoms with Gasteiger partial charge in [0.05, 0.1) is 5.57 Å². The van der Waals surface area contributed by atoms with Crippen molar-refractivity contribution in [2.45, 2.75) is 12.8 Å². The molecular weight excluding hydrogens is 568 g/mol. The summed E-state index contributed by atoms with van der Waals surface area (Å²) in [5, 5.41) is 17.7. The second kappa shape index (κ2) is 10.0. The molecule has 0 unspecified atom stereocenters. The smallest absolute Gasteiger partial charge is 0.206 e. The Hall–Kier alpha value is -5.72. The predicted molar refractivity (Wildman–Crippen MR) is 129 cm³/mol. The topological polar surface area (TPSA) is 56.3 Å². The van der Waals surface area contributed by atoms with Crippen molar-refractivity contribution in [1.82, 2.24) is 0 Å². The summed E-state index contributed by atoms with van der Waals surface area (Å²) in [5.41, 5.74) is -4.36. The molecule has 4 nitrogen and oxygen atoms in total. The van der Waals surface area contributed by atoms with E-state index in [1.54, 1.807) is 12.1 Å². The van der Waals surface area contributed by atoms with E-state index in [9.17, 15) is 36.9 Å². The van der Waals surface area contributed by atoms with Crippen LogP contribution in [-0.4, -0.2) is 0 Å². The van der Waals surface area contributed by atoms with Crippen LogP contribution in [0.5, 0.6) is 0 Å². The maximum atomic E-state index is 16.4. The number of nitrogens with zero attached hydrogens (tertiary/aromatic N) is 4. The summed E-state index contributed by atoms with van der Waals surface area (Å²) in [6.07, 6.45) is -1.34. The lowest BCUT2D eigenvalue weighted by Crippen LogP contribution is -2.27. The number of allylic oxidation sites excluding steroid dienone is 3. The van der Waals surface area contributed by atoms with E-state index in [0.717, 1.165) is 0 Å². The summed E-state index contributed by atoms with van der Waals surface area (Å²) in [5.74, 6) is -13.7. The van der Waals surface area contributed by atoms with Crippen LogP contribution in [0.1, 0.15) is 22.3 Å². The van der Waals surface area contributed by atoms with Gasteiger partial charge in [0.25, 0.3) is 0 Å². The third kappa shape index (κ3) is 3.93. The van der Waals surface area contributed by atoms with Crippen molar-refractivity contribution in [2.75, 3.05) is 0 Å². The second-order valence-corrected chi connectivity index (χ2v) is 9.05. The minimum absolute atomic E-state index is 0.326. The molecular formula is C30H8F8N4. The number of rotatable bonds is 2. The molecule has 0 N–H and O–H groups in total. The van der Waals surface area contributed by atoms with Crippen molar-refractivity contribution >= 4 is 11.1 Å². The van der Waals surface area contributed by atoms with Crippen LogP contribution in [0.15, 0.2) is 46.8 Å². The Morgan fingerprint density at radius 1 is 0.595 bits per heavy atom. The molecule has 5 rings (SSSR count). The number of hydrogen-bond acceptors (Lipinski definition) is 2. The zero-order valence-corrected chi connectivity index (χ0v) is 20.5. The highest BCUT2D eigenvalue weighted by Gasteiger charge is 2.37. The average Bonchev–Trinajstić information content (AvgIpc) is 3.55. The Kier molecular flexibility index (Phi) is 6.65. The van der Waals surface area contributed by atoms with E-state index in [4.69, 9.17) is 13.1 Å². The molecule has 2 aliphatic rings. The van der Waals surface area contributed by atoms with Gasteiger partial charge < -0.3 is 0 Å². The first kappa shape index (κ1) is 27.8. The number of benzene rings is 3. The van der Waals surface area contributed by atoms with Crippen molar-refractivity contribution in [3.63, 3.8) is 0 Å². The normalized spacial score (nSPS) is 13.2. The molecule has 0 aromatic heterocycles. The van der Waals surface area contributed by atoms with Gasteiger partial charge in [0.2, 0.25) is 0 Å². The van der Waals surface area contributed by atoms with Crippen LogP contribution < -0.4 is 10.4 Å². The Labute approximate surface area is 230 Å². The SMILES string of the molecule is [C-]#[N+]C([N+]#[C-])=C1Cc2c(F)c3c(c(F)c2=C1c1cc(F)c(F)c(F)c1)CC(=C(C#N)C#N)C=3c1cc(F)c(F)c(F)c1. The molecule has 0 atom stereocenters. The fourth-order valence-corrected chi connectivity index (χ4v) is 5.23. The van der Waals surface area contributed by atoms with Gasteiger partial charge in [0.15, 0.2) is 34.9 Å². The van der Waals surface area contributed by atoms with E-state index in [0.29, 0.717) is 24.3 Å². The van der Waals surface area contributed by atoms with Crippen LogP contribution in [0.25, 0.3) is 20.8 Å². The summed E-state index contributed by atoms with van der Waals surface area (Å²) in [6, 6.07) is 5.01. The van der Waals surface area contributed by atoms with Crippen LogP contribution >= 0.6 is 0 Å². The number of fused-ring (bicyclic) bond motifs is 2. The van der Waals surface area contributed by atoms with Gasteiger partial charge >= 0.3 is 5.82 Å². The van der Waals surface area contributed by atoms with Crippen molar-refractivity contribution in [2.24, 2.45) is 0 Å².